The lowest BCUT2D eigenvalue weighted by Crippen LogP contribution is -2.35. The van der Waals surface area contributed by atoms with Gasteiger partial charge in [0.25, 0.3) is 0 Å². The Kier molecular flexibility index (Phi) is 5.44. The van der Waals surface area contributed by atoms with Gasteiger partial charge < -0.3 is 5.32 Å². The van der Waals surface area contributed by atoms with Gasteiger partial charge in [-0.3, -0.25) is 4.68 Å². The van der Waals surface area contributed by atoms with E-state index in [0.717, 1.165) is 18.4 Å². The number of rotatable bonds is 6. The molecule has 0 spiro atoms. The minimum absolute atomic E-state index is 0.748. The van der Waals surface area contributed by atoms with Crippen LogP contribution in [-0.4, -0.2) is 22.4 Å². The van der Waals surface area contributed by atoms with Crippen molar-refractivity contribution < 1.29 is 0 Å². The molecule has 0 aromatic carbocycles. The highest BCUT2D eigenvalue weighted by molar-refractivity contribution is 5.11. The summed E-state index contributed by atoms with van der Waals surface area (Å²) in [6.45, 7) is 5.59. The number of hydrogen-bond acceptors (Lipinski definition) is 2. The molecular formula is C16H29N3. The monoisotopic (exact) mass is 263 g/mol. The van der Waals surface area contributed by atoms with E-state index in [4.69, 9.17) is 0 Å². The van der Waals surface area contributed by atoms with Gasteiger partial charge in [0.05, 0.1) is 5.69 Å². The maximum Gasteiger partial charge on any atom is 0.0624 e. The standard InChI is InChI=1S/C16H29N3/c1-4-9-17-15-8-6-7-13(10-15)11-16-12-14(5-2)18-19(16)3/h12-13,15,17H,4-11H2,1-3H3. The summed E-state index contributed by atoms with van der Waals surface area (Å²) in [6.07, 6.45) is 8.95. The van der Waals surface area contributed by atoms with Crippen LogP contribution in [0.15, 0.2) is 6.07 Å². The third-order valence-corrected chi connectivity index (χ3v) is 4.35. The van der Waals surface area contributed by atoms with Crippen LogP contribution in [0.2, 0.25) is 0 Å². The SMILES string of the molecule is CCCNC1CCCC(Cc2cc(CC)nn2C)C1. The highest BCUT2D eigenvalue weighted by Crippen LogP contribution is 2.27. The molecule has 0 saturated heterocycles. The van der Waals surface area contributed by atoms with Crippen molar-refractivity contribution in [1.82, 2.24) is 15.1 Å². The predicted molar refractivity (Wildman–Crippen MR) is 80.3 cm³/mol. The van der Waals surface area contributed by atoms with E-state index in [1.807, 2.05) is 0 Å². The highest BCUT2D eigenvalue weighted by atomic mass is 15.3. The molecule has 1 N–H and O–H groups in total. The smallest absolute Gasteiger partial charge is 0.0624 e. The van der Waals surface area contributed by atoms with E-state index in [1.54, 1.807) is 0 Å². The van der Waals surface area contributed by atoms with Crippen molar-refractivity contribution in [3.63, 3.8) is 0 Å². The van der Waals surface area contributed by atoms with Crippen molar-refractivity contribution in [2.45, 2.75) is 64.8 Å². The number of nitrogens with one attached hydrogen (secondary N) is 1. The summed E-state index contributed by atoms with van der Waals surface area (Å²) in [6, 6.07) is 3.04. The summed E-state index contributed by atoms with van der Waals surface area (Å²) in [4.78, 5) is 0. The van der Waals surface area contributed by atoms with Gasteiger partial charge in [-0.2, -0.15) is 5.10 Å². The van der Waals surface area contributed by atoms with Gasteiger partial charge in [0.1, 0.15) is 0 Å². The zero-order valence-corrected chi connectivity index (χ0v) is 12.8. The summed E-state index contributed by atoms with van der Waals surface area (Å²) in [5, 5.41) is 8.26. The lowest BCUT2D eigenvalue weighted by Gasteiger charge is -2.29. The van der Waals surface area contributed by atoms with Crippen LogP contribution in [0.3, 0.4) is 0 Å². The van der Waals surface area contributed by atoms with E-state index in [1.165, 1.54) is 56.5 Å². The number of hydrogen-bond donors (Lipinski definition) is 1. The molecule has 0 bridgehead atoms. The summed E-state index contributed by atoms with van der Waals surface area (Å²) in [7, 11) is 2.09. The molecule has 19 heavy (non-hydrogen) atoms. The molecule has 1 aliphatic rings. The van der Waals surface area contributed by atoms with Gasteiger partial charge in [0, 0.05) is 18.8 Å². The van der Waals surface area contributed by atoms with E-state index >= 15 is 0 Å². The van der Waals surface area contributed by atoms with Crippen LogP contribution in [0.25, 0.3) is 0 Å². The Hall–Kier alpha value is -0.830. The van der Waals surface area contributed by atoms with E-state index in [-0.39, 0.29) is 0 Å². The fraction of sp³-hybridized carbons (Fsp3) is 0.812. The van der Waals surface area contributed by atoms with E-state index in [9.17, 15) is 0 Å². The molecule has 1 heterocycles. The summed E-state index contributed by atoms with van der Waals surface area (Å²) < 4.78 is 2.09. The lowest BCUT2D eigenvalue weighted by atomic mass is 9.83. The third kappa shape index (κ3) is 4.07. The molecule has 2 rings (SSSR count). The molecule has 0 aliphatic heterocycles. The van der Waals surface area contributed by atoms with Gasteiger partial charge in [-0.05, 0) is 57.1 Å². The van der Waals surface area contributed by atoms with Gasteiger partial charge in [-0.25, -0.2) is 0 Å². The Morgan fingerprint density at radius 1 is 1.37 bits per heavy atom. The van der Waals surface area contributed by atoms with Crippen molar-refractivity contribution in [3.8, 4) is 0 Å². The number of aromatic nitrogens is 2. The summed E-state index contributed by atoms with van der Waals surface area (Å²) in [5.41, 5.74) is 2.65. The maximum atomic E-state index is 4.56. The van der Waals surface area contributed by atoms with Crippen LogP contribution in [0, 0.1) is 5.92 Å². The molecule has 1 fully saturated rings. The van der Waals surface area contributed by atoms with E-state index in [2.05, 4.69) is 42.1 Å². The molecule has 1 aromatic heterocycles. The van der Waals surface area contributed by atoms with E-state index in [0.29, 0.717) is 0 Å². The molecule has 2 unspecified atom stereocenters. The predicted octanol–water partition coefficient (Wildman–Crippen LogP) is 3.08. The second-order valence-corrected chi connectivity index (χ2v) is 5.99. The van der Waals surface area contributed by atoms with Crippen molar-refractivity contribution in [2.24, 2.45) is 13.0 Å². The van der Waals surface area contributed by atoms with Crippen LogP contribution >= 0.6 is 0 Å². The lowest BCUT2D eigenvalue weighted by molar-refractivity contribution is 0.281. The molecule has 1 aromatic rings. The first kappa shape index (κ1) is 14.6. The number of aryl methyl sites for hydroxylation is 2. The zero-order valence-electron chi connectivity index (χ0n) is 12.8. The van der Waals surface area contributed by atoms with Gasteiger partial charge in [-0.15, -0.1) is 0 Å². The fourth-order valence-electron chi connectivity index (χ4n) is 3.24. The highest BCUT2D eigenvalue weighted by Gasteiger charge is 2.22. The van der Waals surface area contributed by atoms with Crippen molar-refractivity contribution >= 4 is 0 Å². The molecule has 0 amide bonds. The molecule has 1 saturated carbocycles. The fourth-order valence-corrected chi connectivity index (χ4v) is 3.24. The quantitative estimate of drug-likeness (QED) is 0.855. The average molecular weight is 263 g/mol. The van der Waals surface area contributed by atoms with Crippen LogP contribution in [0.1, 0.15) is 57.3 Å². The van der Waals surface area contributed by atoms with E-state index < -0.39 is 0 Å². The zero-order chi connectivity index (χ0) is 13.7. The van der Waals surface area contributed by atoms with Crippen molar-refractivity contribution in [3.05, 3.63) is 17.5 Å². The summed E-state index contributed by atoms with van der Waals surface area (Å²) >= 11 is 0. The summed E-state index contributed by atoms with van der Waals surface area (Å²) in [5.74, 6) is 0.836. The van der Waals surface area contributed by atoms with Crippen LogP contribution in [-0.2, 0) is 19.9 Å². The van der Waals surface area contributed by atoms with Crippen LogP contribution in [0.5, 0.6) is 0 Å². The minimum atomic E-state index is 0.748. The third-order valence-electron chi connectivity index (χ3n) is 4.35. The molecule has 1 aliphatic carbocycles. The molecule has 3 nitrogen and oxygen atoms in total. The first-order valence-electron chi connectivity index (χ1n) is 7.98. The number of nitrogens with zero attached hydrogens (tertiary/aromatic N) is 2. The second-order valence-electron chi connectivity index (χ2n) is 5.99. The Balaban J connectivity index is 1.89. The van der Waals surface area contributed by atoms with Crippen LogP contribution in [0.4, 0.5) is 0 Å². The second kappa shape index (κ2) is 7.09. The van der Waals surface area contributed by atoms with Gasteiger partial charge in [0.15, 0.2) is 0 Å². The Bertz CT molecular complexity index is 383. The minimum Gasteiger partial charge on any atom is -0.314 e. The molecule has 3 heteroatoms. The molecular weight excluding hydrogens is 234 g/mol. The average Bonchev–Trinajstić information content (AvgIpc) is 2.77. The Morgan fingerprint density at radius 3 is 2.89 bits per heavy atom. The van der Waals surface area contributed by atoms with Crippen molar-refractivity contribution in [2.75, 3.05) is 6.54 Å². The maximum absolute atomic E-state index is 4.56. The van der Waals surface area contributed by atoms with Gasteiger partial charge in [0.2, 0.25) is 0 Å². The van der Waals surface area contributed by atoms with Crippen molar-refractivity contribution in [1.29, 1.82) is 0 Å². The first-order valence-corrected chi connectivity index (χ1v) is 7.98. The largest absolute Gasteiger partial charge is 0.314 e. The normalized spacial score (nSPS) is 23.7. The molecule has 0 radical (unpaired) electrons. The van der Waals surface area contributed by atoms with Crippen LogP contribution < -0.4 is 5.32 Å². The molecule has 108 valence electrons. The van der Waals surface area contributed by atoms with Gasteiger partial charge in [-0.1, -0.05) is 20.3 Å². The molecule has 2 atom stereocenters. The Labute approximate surface area is 117 Å². The topological polar surface area (TPSA) is 29.9 Å². The Morgan fingerprint density at radius 2 is 2.21 bits per heavy atom. The first-order chi connectivity index (χ1) is 9.22. The van der Waals surface area contributed by atoms with Gasteiger partial charge >= 0.3 is 0 Å².